The predicted molar refractivity (Wildman–Crippen MR) is 133 cm³/mol. The monoisotopic (exact) mass is 486 g/mol. The van der Waals surface area contributed by atoms with Gasteiger partial charge in [-0.1, -0.05) is 20.8 Å². The van der Waals surface area contributed by atoms with Crippen LogP contribution in [0.3, 0.4) is 0 Å². The van der Waals surface area contributed by atoms with Crippen molar-refractivity contribution in [2.75, 3.05) is 38.7 Å². The van der Waals surface area contributed by atoms with Gasteiger partial charge in [0.1, 0.15) is 12.1 Å². The van der Waals surface area contributed by atoms with Crippen molar-refractivity contribution in [3.63, 3.8) is 0 Å². The molecule has 2 aliphatic heterocycles. The molecule has 4 unspecified atom stereocenters. The lowest BCUT2D eigenvalue weighted by molar-refractivity contribution is -0.138. The highest BCUT2D eigenvalue weighted by atomic mass is 16.3. The topological polar surface area (TPSA) is 110 Å². The second-order valence-corrected chi connectivity index (χ2v) is 10.4. The van der Waals surface area contributed by atoms with Crippen LogP contribution in [0.4, 0.5) is 5.69 Å². The quantitative estimate of drug-likeness (QED) is 0.544. The van der Waals surface area contributed by atoms with Crippen molar-refractivity contribution in [3.8, 4) is 0 Å². The molecule has 2 fully saturated rings. The number of carbonyl (C=O) groups excluding carboxylic acids is 4. The lowest BCUT2D eigenvalue weighted by Crippen LogP contribution is -2.53. The van der Waals surface area contributed by atoms with Gasteiger partial charge >= 0.3 is 0 Å². The number of nitrogens with zero attached hydrogens (tertiary/aromatic N) is 3. The highest BCUT2D eigenvalue weighted by Crippen LogP contribution is 2.31. The Bertz CT molecular complexity index is 946. The molecule has 0 spiro atoms. The summed E-state index contributed by atoms with van der Waals surface area (Å²) in [5, 5.41) is 12.2. The van der Waals surface area contributed by atoms with Crippen molar-refractivity contribution < 1.29 is 24.3 Å². The van der Waals surface area contributed by atoms with Gasteiger partial charge in [0.15, 0.2) is 5.78 Å². The summed E-state index contributed by atoms with van der Waals surface area (Å²) in [5.41, 5.74) is 1.43. The second kappa shape index (κ2) is 11.2. The van der Waals surface area contributed by atoms with Crippen molar-refractivity contribution in [2.24, 2.45) is 11.8 Å². The first-order chi connectivity index (χ1) is 16.5. The SMILES string of the molecule is CC(C)CC(NC(=O)c1ccc(N(C)C)cc1)C(=O)N1CCC2C1C(=O)CN2C(=O)CC(C)CO. The van der Waals surface area contributed by atoms with E-state index < -0.39 is 12.1 Å². The van der Waals surface area contributed by atoms with Crippen LogP contribution in [0.15, 0.2) is 24.3 Å². The van der Waals surface area contributed by atoms with E-state index in [2.05, 4.69) is 5.32 Å². The van der Waals surface area contributed by atoms with Gasteiger partial charge in [-0.3, -0.25) is 19.2 Å². The summed E-state index contributed by atoms with van der Waals surface area (Å²) in [4.78, 5) is 57.2. The van der Waals surface area contributed by atoms with Gasteiger partial charge < -0.3 is 25.1 Å². The lowest BCUT2D eigenvalue weighted by atomic mass is 10.0. The van der Waals surface area contributed by atoms with Crippen LogP contribution < -0.4 is 10.2 Å². The van der Waals surface area contributed by atoms with Crippen LogP contribution in [-0.2, 0) is 14.4 Å². The number of aliphatic hydroxyl groups is 1. The Hall–Kier alpha value is -2.94. The normalized spacial score (nSPS) is 21.2. The number of anilines is 1. The fourth-order valence-corrected chi connectivity index (χ4v) is 4.92. The molecule has 2 N–H and O–H groups in total. The number of nitrogens with one attached hydrogen (secondary N) is 1. The number of benzene rings is 1. The van der Waals surface area contributed by atoms with Crippen LogP contribution in [-0.4, -0.2) is 90.3 Å². The first kappa shape index (κ1) is 26.7. The molecule has 2 saturated heterocycles. The summed E-state index contributed by atoms with van der Waals surface area (Å²) < 4.78 is 0. The van der Waals surface area contributed by atoms with Crippen LogP contribution in [0.5, 0.6) is 0 Å². The molecule has 0 bridgehead atoms. The molecule has 35 heavy (non-hydrogen) atoms. The first-order valence-electron chi connectivity index (χ1n) is 12.3. The van der Waals surface area contributed by atoms with E-state index in [1.165, 1.54) is 0 Å². The molecule has 0 radical (unpaired) electrons. The number of hydrogen-bond acceptors (Lipinski definition) is 6. The summed E-state index contributed by atoms with van der Waals surface area (Å²) in [6, 6.07) is 5.36. The maximum Gasteiger partial charge on any atom is 0.251 e. The summed E-state index contributed by atoms with van der Waals surface area (Å²) in [6.07, 6.45) is 1.13. The zero-order valence-corrected chi connectivity index (χ0v) is 21.4. The minimum Gasteiger partial charge on any atom is -0.396 e. The van der Waals surface area contributed by atoms with Crippen LogP contribution >= 0.6 is 0 Å². The fraction of sp³-hybridized carbons (Fsp3) is 0.615. The van der Waals surface area contributed by atoms with Crippen molar-refractivity contribution in [1.29, 1.82) is 0 Å². The predicted octanol–water partition coefficient (Wildman–Crippen LogP) is 1.30. The molecule has 0 aliphatic carbocycles. The van der Waals surface area contributed by atoms with Crippen molar-refractivity contribution in [2.45, 2.75) is 58.2 Å². The van der Waals surface area contributed by atoms with Crippen LogP contribution in [0.2, 0.25) is 0 Å². The fourth-order valence-electron chi connectivity index (χ4n) is 4.92. The highest BCUT2D eigenvalue weighted by molar-refractivity contribution is 6.01. The molecule has 0 aromatic heterocycles. The molecule has 2 aliphatic rings. The Morgan fingerprint density at radius 1 is 1.11 bits per heavy atom. The van der Waals surface area contributed by atoms with E-state index in [0.717, 1.165) is 5.69 Å². The molecule has 4 atom stereocenters. The third-order valence-electron chi connectivity index (χ3n) is 6.82. The summed E-state index contributed by atoms with van der Waals surface area (Å²) >= 11 is 0. The molecule has 3 amide bonds. The zero-order chi connectivity index (χ0) is 25.9. The second-order valence-electron chi connectivity index (χ2n) is 10.4. The minimum absolute atomic E-state index is 0.0183. The van der Waals surface area contributed by atoms with E-state index in [1.54, 1.807) is 28.9 Å². The van der Waals surface area contributed by atoms with Gasteiger partial charge in [0.25, 0.3) is 5.91 Å². The van der Waals surface area contributed by atoms with E-state index in [4.69, 9.17) is 0 Å². The third kappa shape index (κ3) is 6.01. The van der Waals surface area contributed by atoms with Crippen LogP contribution in [0.1, 0.15) is 50.4 Å². The maximum absolute atomic E-state index is 13.6. The van der Waals surface area contributed by atoms with Gasteiger partial charge in [-0.05, 0) is 48.9 Å². The Balaban J connectivity index is 1.73. The van der Waals surface area contributed by atoms with E-state index in [0.29, 0.717) is 24.9 Å². The van der Waals surface area contributed by atoms with Gasteiger partial charge in [0.2, 0.25) is 11.8 Å². The average molecular weight is 487 g/mol. The van der Waals surface area contributed by atoms with E-state index in [1.807, 2.05) is 45.0 Å². The van der Waals surface area contributed by atoms with Gasteiger partial charge in [0.05, 0.1) is 12.6 Å². The van der Waals surface area contributed by atoms with E-state index in [9.17, 15) is 24.3 Å². The number of likely N-dealkylation sites (tertiary alicyclic amines) is 2. The number of hydrogen-bond donors (Lipinski definition) is 2. The molecule has 9 heteroatoms. The highest BCUT2D eigenvalue weighted by Gasteiger charge is 2.52. The van der Waals surface area contributed by atoms with Gasteiger partial charge in [0, 0.05) is 44.9 Å². The molecule has 2 heterocycles. The van der Waals surface area contributed by atoms with Crippen molar-refractivity contribution in [3.05, 3.63) is 29.8 Å². The molecular weight excluding hydrogens is 448 g/mol. The Morgan fingerprint density at radius 3 is 2.34 bits per heavy atom. The molecule has 192 valence electrons. The Kier molecular flexibility index (Phi) is 8.53. The first-order valence-corrected chi connectivity index (χ1v) is 12.3. The molecule has 3 rings (SSSR count). The lowest BCUT2D eigenvalue weighted by Gasteiger charge is -2.29. The average Bonchev–Trinajstić information content (AvgIpc) is 3.39. The molecule has 1 aromatic rings. The van der Waals surface area contributed by atoms with Gasteiger partial charge in [-0.2, -0.15) is 0 Å². The standard InChI is InChI=1S/C26H38N4O5/c1-16(2)12-20(27-25(34)18-6-8-19(9-7-18)28(4)5)26(35)29-11-10-21-24(29)22(32)14-30(21)23(33)13-17(3)15-31/h6-9,16-17,20-21,24,31H,10-15H2,1-5H3,(H,27,34). The Morgan fingerprint density at radius 2 is 1.77 bits per heavy atom. The Labute approximate surface area is 207 Å². The number of rotatable bonds is 9. The van der Waals surface area contributed by atoms with Crippen molar-refractivity contribution >= 4 is 29.2 Å². The van der Waals surface area contributed by atoms with Crippen LogP contribution in [0, 0.1) is 11.8 Å². The minimum atomic E-state index is -0.762. The van der Waals surface area contributed by atoms with E-state index in [-0.39, 0.29) is 61.0 Å². The number of carbonyl (C=O) groups is 4. The summed E-state index contributed by atoms with van der Waals surface area (Å²) in [7, 11) is 3.84. The zero-order valence-electron chi connectivity index (χ0n) is 21.4. The van der Waals surface area contributed by atoms with Gasteiger partial charge in [-0.25, -0.2) is 0 Å². The summed E-state index contributed by atoms with van der Waals surface area (Å²) in [5.74, 6) is -0.979. The number of Topliss-reactive ketones (excluding diaryl/α,β-unsaturated/α-hetero) is 1. The number of ketones is 1. The van der Waals surface area contributed by atoms with Crippen molar-refractivity contribution in [1.82, 2.24) is 15.1 Å². The number of amides is 3. The smallest absolute Gasteiger partial charge is 0.251 e. The van der Waals surface area contributed by atoms with E-state index >= 15 is 0 Å². The molecular formula is C26H38N4O5. The third-order valence-corrected chi connectivity index (χ3v) is 6.82. The van der Waals surface area contributed by atoms with Crippen LogP contribution in [0.25, 0.3) is 0 Å². The number of fused-ring (bicyclic) bond motifs is 1. The number of aliphatic hydroxyl groups excluding tert-OH is 1. The van der Waals surface area contributed by atoms with Gasteiger partial charge in [-0.15, -0.1) is 0 Å². The summed E-state index contributed by atoms with van der Waals surface area (Å²) in [6.45, 7) is 5.99. The maximum atomic E-state index is 13.6. The largest absolute Gasteiger partial charge is 0.396 e. The molecule has 1 aromatic carbocycles. The molecule has 9 nitrogen and oxygen atoms in total. The molecule has 0 saturated carbocycles.